The first-order chi connectivity index (χ1) is 10.1. The molecule has 21 heavy (non-hydrogen) atoms. The van der Waals surface area contributed by atoms with Gasteiger partial charge in [0.15, 0.2) is 0 Å². The van der Waals surface area contributed by atoms with Crippen LogP contribution in [0, 0.1) is 0 Å². The number of hydrogen-bond donors (Lipinski definition) is 1. The third-order valence-corrected chi connectivity index (χ3v) is 4.12. The van der Waals surface area contributed by atoms with Gasteiger partial charge in [-0.2, -0.15) is 0 Å². The molecule has 1 aromatic carbocycles. The lowest BCUT2D eigenvalue weighted by Gasteiger charge is -2.27. The number of halogens is 1. The summed E-state index contributed by atoms with van der Waals surface area (Å²) < 4.78 is 6.24. The van der Waals surface area contributed by atoms with Gasteiger partial charge in [0.05, 0.1) is 12.2 Å². The minimum Gasteiger partial charge on any atom is -0.369 e. The van der Waals surface area contributed by atoms with Crippen molar-refractivity contribution in [3.05, 3.63) is 34.9 Å². The fraction of sp³-hybridized carbons (Fsp3) is 0.667. The van der Waals surface area contributed by atoms with Gasteiger partial charge in [0.25, 0.3) is 0 Å². The summed E-state index contributed by atoms with van der Waals surface area (Å²) in [4.78, 5) is 0. The van der Waals surface area contributed by atoms with E-state index in [1.54, 1.807) is 0 Å². The van der Waals surface area contributed by atoms with Gasteiger partial charge < -0.3 is 10.5 Å². The Bertz CT molecular complexity index is 397. The van der Waals surface area contributed by atoms with Gasteiger partial charge in [-0.3, -0.25) is 0 Å². The Hall–Kier alpha value is -0.570. The molecule has 1 aromatic rings. The number of unbranched alkanes of at least 4 members (excludes halogenated alkanes) is 3. The van der Waals surface area contributed by atoms with Crippen molar-refractivity contribution in [1.82, 2.24) is 0 Å². The third kappa shape index (κ3) is 6.82. The first-order valence-electron chi connectivity index (χ1n) is 8.25. The van der Waals surface area contributed by atoms with E-state index in [0.717, 1.165) is 23.4 Å². The molecule has 120 valence electrons. The molecule has 0 saturated heterocycles. The molecule has 2 nitrogen and oxygen atoms in total. The molecule has 0 amide bonds. The SMILES string of the molecule is CCCCCCC(C)OC(c1cccc(Cl)c1)C(N)CC. The van der Waals surface area contributed by atoms with Crippen LogP contribution in [0.3, 0.4) is 0 Å². The van der Waals surface area contributed by atoms with Crippen LogP contribution in [-0.4, -0.2) is 12.1 Å². The van der Waals surface area contributed by atoms with E-state index < -0.39 is 0 Å². The predicted octanol–water partition coefficient (Wildman–Crippen LogP) is 5.49. The van der Waals surface area contributed by atoms with Crippen molar-refractivity contribution in [3.63, 3.8) is 0 Å². The molecule has 0 aliphatic carbocycles. The average molecular weight is 312 g/mol. The van der Waals surface area contributed by atoms with Crippen molar-refractivity contribution in [2.24, 2.45) is 5.73 Å². The van der Waals surface area contributed by atoms with Crippen LogP contribution in [0.25, 0.3) is 0 Å². The Morgan fingerprint density at radius 1 is 1.19 bits per heavy atom. The Morgan fingerprint density at radius 3 is 2.57 bits per heavy atom. The summed E-state index contributed by atoms with van der Waals surface area (Å²) in [6, 6.07) is 7.86. The Morgan fingerprint density at radius 2 is 1.95 bits per heavy atom. The van der Waals surface area contributed by atoms with Gasteiger partial charge in [-0.25, -0.2) is 0 Å². The van der Waals surface area contributed by atoms with Crippen LogP contribution in [0.5, 0.6) is 0 Å². The standard InChI is InChI=1S/C18H30ClNO/c1-4-6-7-8-10-14(3)21-18(17(20)5-2)15-11-9-12-16(19)13-15/h9,11-14,17-18H,4-8,10,20H2,1-3H3. The smallest absolute Gasteiger partial charge is 0.0979 e. The largest absolute Gasteiger partial charge is 0.369 e. The minimum atomic E-state index is -0.0742. The van der Waals surface area contributed by atoms with Gasteiger partial charge in [-0.15, -0.1) is 0 Å². The lowest BCUT2D eigenvalue weighted by Crippen LogP contribution is -2.31. The number of benzene rings is 1. The number of nitrogens with two attached hydrogens (primary N) is 1. The summed E-state index contributed by atoms with van der Waals surface area (Å²) in [6.07, 6.45) is 7.20. The summed E-state index contributed by atoms with van der Waals surface area (Å²) >= 11 is 6.10. The molecule has 3 unspecified atom stereocenters. The summed E-state index contributed by atoms with van der Waals surface area (Å²) in [5.41, 5.74) is 7.34. The molecule has 0 aromatic heterocycles. The van der Waals surface area contributed by atoms with E-state index in [2.05, 4.69) is 26.8 Å². The van der Waals surface area contributed by atoms with Crippen molar-refractivity contribution in [2.75, 3.05) is 0 Å². The Balaban J connectivity index is 2.62. The summed E-state index contributed by atoms with van der Waals surface area (Å²) in [7, 11) is 0. The molecule has 3 atom stereocenters. The van der Waals surface area contributed by atoms with Crippen LogP contribution in [-0.2, 0) is 4.74 Å². The third-order valence-electron chi connectivity index (χ3n) is 3.88. The molecule has 0 saturated carbocycles. The van der Waals surface area contributed by atoms with Crippen LogP contribution in [0.15, 0.2) is 24.3 Å². The van der Waals surface area contributed by atoms with Crippen LogP contribution >= 0.6 is 11.6 Å². The van der Waals surface area contributed by atoms with Crippen molar-refractivity contribution in [1.29, 1.82) is 0 Å². The lowest BCUT2D eigenvalue weighted by atomic mass is 10.00. The monoisotopic (exact) mass is 311 g/mol. The van der Waals surface area contributed by atoms with Gasteiger partial charge in [-0.1, -0.05) is 63.3 Å². The highest BCUT2D eigenvalue weighted by Crippen LogP contribution is 2.27. The molecule has 2 N–H and O–H groups in total. The van der Waals surface area contributed by atoms with Crippen LogP contribution in [0.1, 0.15) is 71.0 Å². The van der Waals surface area contributed by atoms with E-state index in [1.807, 2.05) is 18.2 Å². The summed E-state index contributed by atoms with van der Waals surface area (Å²) in [5.74, 6) is 0. The van der Waals surface area contributed by atoms with E-state index in [-0.39, 0.29) is 18.2 Å². The fourth-order valence-electron chi connectivity index (χ4n) is 2.50. The molecule has 0 fully saturated rings. The lowest BCUT2D eigenvalue weighted by molar-refractivity contribution is -0.0229. The molecule has 1 rings (SSSR count). The quantitative estimate of drug-likeness (QED) is 0.579. The molecule has 0 aliphatic heterocycles. The number of hydrogen-bond acceptors (Lipinski definition) is 2. The minimum absolute atomic E-state index is 0.00144. The Kier molecular flexibility index (Phi) is 8.98. The van der Waals surface area contributed by atoms with Crippen molar-refractivity contribution < 1.29 is 4.74 Å². The molecule has 0 radical (unpaired) electrons. The summed E-state index contributed by atoms with van der Waals surface area (Å²) in [5, 5.41) is 0.736. The molecule has 3 heteroatoms. The topological polar surface area (TPSA) is 35.2 Å². The molecular formula is C18H30ClNO. The molecule has 0 aliphatic rings. The molecular weight excluding hydrogens is 282 g/mol. The maximum absolute atomic E-state index is 6.26. The van der Waals surface area contributed by atoms with Gasteiger partial charge in [0, 0.05) is 11.1 Å². The zero-order chi connectivity index (χ0) is 15.7. The van der Waals surface area contributed by atoms with Gasteiger partial charge in [-0.05, 0) is 37.5 Å². The first-order valence-corrected chi connectivity index (χ1v) is 8.62. The van der Waals surface area contributed by atoms with Crippen molar-refractivity contribution >= 4 is 11.6 Å². The number of ether oxygens (including phenoxy) is 1. The van der Waals surface area contributed by atoms with E-state index in [4.69, 9.17) is 22.1 Å². The maximum Gasteiger partial charge on any atom is 0.0979 e. The second-order valence-electron chi connectivity index (χ2n) is 5.84. The summed E-state index contributed by atoms with van der Waals surface area (Å²) in [6.45, 7) is 6.47. The van der Waals surface area contributed by atoms with E-state index in [0.29, 0.717) is 0 Å². The second kappa shape index (κ2) is 10.2. The molecule has 0 bridgehead atoms. The highest BCUT2D eigenvalue weighted by Gasteiger charge is 2.21. The van der Waals surface area contributed by atoms with Crippen LogP contribution in [0.4, 0.5) is 0 Å². The molecule has 0 heterocycles. The van der Waals surface area contributed by atoms with E-state index in [9.17, 15) is 0 Å². The van der Waals surface area contributed by atoms with Crippen LogP contribution in [0.2, 0.25) is 5.02 Å². The van der Waals surface area contributed by atoms with Gasteiger partial charge in [0.1, 0.15) is 0 Å². The zero-order valence-electron chi connectivity index (χ0n) is 13.6. The predicted molar refractivity (Wildman–Crippen MR) is 91.8 cm³/mol. The van der Waals surface area contributed by atoms with Gasteiger partial charge in [0.2, 0.25) is 0 Å². The fourth-order valence-corrected chi connectivity index (χ4v) is 2.70. The second-order valence-corrected chi connectivity index (χ2v) is 6.28. The first kappa shape index (κ1) is 18.5. The van der Waals surface area contributed by atoms with E-state index >= 15 is 0 Å². The number of rotatable bonds is 10. The maximum atomic E-state index is 6.26. The highest BCUT2D eigenvalue weighted by atomic mass is 35.5. The normalized spacial score (nSPS) is 15.7. The zero-order valence-corrected chi connectivity index (χ0v) is 14.4. The highest BCUT2D eigenvalue weighted by molar-refractivity contribution is 6.30. The van der Waals surface area contributed by atoms with Crippen molar-refractivity contribution in [2.45, 2.75) is 77.5 Å². The van der Waals surface area contributed by atoms with Crippen molar-refractivity contribution in [3.8, 4) is 0 Å². The van der Waals surface area contributed by atoms with E-state index in [1.165, 1.54) is 25.7 Å². The average Bonchev–Trinajstić information content (AvgIpc) is 2.48. The molecule has 0 spiro atoms. The van der Waals surface area contributed by atoms with Gasteiger partial charge >= 0.3 is 0 Å². The Labute approximate surface area is 135 Å². The van der Waals surface area contributed by atoms with Crippen LogP contribution < -0.4 is 5.73 Å².